The zero-order chi connectivity index (χ0) is 24.9. The Morgan fingerprint density at radius 2 is 1.20 bits per heavy atom. The lowest BCUT2D eigenvalue weighted by molar-refractivity contribution is -0.137. The number of ether oxygens (including phenoxy) is 5. The average molecular weight is 477 g/mol. The van der Waals surface area contributed by atoms with E-state index < -0.39 is 5.97 Å². The first-order valence-corrected chi connectivity index (χ1v) is 11.8. The van der Waals surface area contributed by atoms with Crippen molar-refractivity contribution >= 4 is 12.0 Å². The molecular weight excluding hydrogens is 444 g/mol. The molecule has 6 heteroatoms. The van der Waals surface area contributed by atoms with Crippen LogP contribution in [0.25, 0.3) is 6.08 Å². The number of hydrogen-bond acceptors (Lipinski definition) is 6. The summed E-state index contributed by atoms with van der Waals surface area (Å²) in [5, 5.41) is 0. The van der Waals surface area contributed by atoms with Gasteiger partial charge in [0, 0.05) is 17.7 Å². The van der Waals surface area contributed by atoms with Crippen molar-refractivity contribution in [1.29, 1.82) is 0 Å². The van der Waals surface area contributed by atoms with E-state index in [0.717, 1.165) is 28.2 Å². The molecule has 6 nitrogen and oxygen atoms in total. The monoisotopic (exact) mass is 476 g/mol. The van der Waals surface area contributed by atoms with Gasteiger partial charge in [0.25, 0.3) is 0 Å². The van der Waals surface area contributed by atoms with Crippen molar-refractivity contribution < 1.29 is 28.5 Å². The van der Waals surface area contributed by atoms with Gasteiger partial charge in [0.15, 0.2) is 0 Å². The zero-order valence-corrected chi connectivity index (χ0v) is 20.5. The van der Waals surface area contributed by atoms with Gasteiger partial charge in [-0.2, -0.15) is 0 Å². The van der Waals surface area contributed by atoms with E-state index in [-0.39, 0.29) is 0 Å². The predicted molar refractivity (Wildman–Crippen MR) is 136 cm³/mol. The molecule has 0 aliphatic carbocycles. The van der Waals surface area contributed by atoms with Crippen LogP contribution in [0, 0.1) is 0 Å². The molecule has 0 fully saturated rings. The second-order valence-electron chi connectivity index (χ2n) is 7.52. The van der Waals surface area contributed by atoms with Crippen LogP contribution in [0.5, 0.6) is 23.0 Å². The van der Waals surface area contributed by atoms with Gasteiger partial charge >= 0.3 is 5.97 Å². The van der Waals surface area contributed by atoms with Crippen molar-refractivity contribution in [2.45, 2.75) is 34.0 Å². The molecule has 3 aromatic carbocycles. The Hall–Kier alpha value is -3.93. The van der Waals surface area contributed by atoms with Crippen molar-refractivity contribution in [3.05, 3.63) is 89.5 Å². The standard InChI is InChI=1S/C29H32O6/c1-4-31-25-13-7-22(8-14-25)20-34-27-17-11-24(12-18-29(30)33-6-3)28(19-27)35-21-23-9-15-26(16-10-23)32-5-2/h7-19H,4-6,20-21H2,1-3H3/b18-12+. The number of esters is 1. The van der Waals surface area contributed by atoms with Crippen LogP contribution in [0.1, 0.15) is 37.5 Å². The molecule has 184 valence electrons. The van der Waals surface area contributed by atoms with Gasteiger partial charge < -0.3 is 23.7 Å². The Morgan fingerprint density at radius 3 is 1.74 bits per heavy atom. The second-order valence-corrected chi connectivity index (χ2v) is 7.52. The molecule has 0 aliphatic rings. The summed E-state index contributed by atoms with van der Waals surface area (Å²) in [5.74, 6) is 2.51. The highest BCUT2D eigenvalue weighted by atomic mass is 16.5. The maximum Gasteiger partial charge on any atom is 0.330 e. The second kappa shape index (κ2) is 13.7. The third-order valence-corrected chi connectivity index (χ3v) is 4.94. The summed E-state index contributed by atoms with van der Waals surface area (Å²) in [7, 11) is 0. The predicted octanol–water partition coefficient (Wildman–Crippen LogP) is 6.22. The summed E-state index contributed by atoms with van der Waals surface area (Å²) in [6.45, 7) is 8.02. The summed E-state index contributed by atoms with van der Waals surface area (Å²) in [4.78, 5) is 11.8. The summed E-state index contributed by atoms with van der Waals surface area (Å²) in [6.07, 6.45) is 3.07. The molecule has 0 saturated heterocycles. The van der Waals surface area contributed by atoms with Gasteiger partial charge in [-0.25, -0.2) is 4.79 Å². The third-order valence-electron chi connectivity index (χ3n) is 4.94. The highest BCUT2D eigenvalue weighted by Gasteiger charge is 2.07. The van der Waals surface area contributed by atoms with Crippen molar-refractivity contribution in [2.24, 2.45) is 0 Å². The van der Waals surface area contributed by atoms with Crippen molar-refractivity contribution in [1.82, 2.24) is 0 Å². The summed E-state index contributed by atoms with van der Waals surface area (Å²) in [6, 6.07) is 21.1. The number of benzene rings is 3. The minimum absolute atomic E-state index is 0.322. The van der Waals surface area contributed by atoms with E-state index in [2.05, 4.69) is 0 Å². The smallest absolute Gasteiger partial charge is 0.330 e. The van der Waals surface area contributed by atoms with Gasteiger partial charge in [0.1, 0.15) is 36.2 Å². The largest absolute Gasteiger partial charge is 0.494 e. The summed E-state index contributed by atoms with van der Waals surface area (Å²) >= 11 is 0. The highest BCUT2D eigenvalue weighted by molar-refractivity contribution is 5.87. The van der Waals surface area contributed by atoms with Crippen LogP contribution < -0.4 is 18.9 Å². The molecule has 3 rings (SSSR count). The van der Waals surface area contributed by atoms with Crippen LogP contribution in [0.3, 0.4) is 0 Å². The third kappa shape index (κ3) is 8.41. The van der Waals surface area contributed by atoms with Crippen molar-refractivity contribution in [3.63, 3.8) is 0 Å². The number of rotatable bonds is 13. The van der Waals surface area contributed by atoms with E-state index in [1.807, 2.05) is 80.6 Å². The van der Waals surface area contributed by atoms with E-state index >= 15 is 0 Å². The number of carbonyl (C=O) groups excluding carboxylic acids is 1. The Balaban J connectivity index is 1.72. The van der Waals surface area contributed by atoms with E-state index in [9.17, 15) is 4.79 Å². The maximum atomic E-state index is 11.8. The van der Waals surface area contributed by atoms with Gasteiger partial charge in [-0.15, -0.1) is 0 Å². The van der Waals surface area contributed by atoms with Crippen LogP contribution in [0.15, 0.2) is 72.8 Å². The Bertz CT molecular complexity index is 1090. The SMILES string of the molecule is CCOC(=O)/C=C/c1ccc(OCc2ccc(OCC)cc2)cc1OCc1ccc(OCC)cc1. The van der Waals surface area contributed by atoms with Crippen molar-refractivity contribution in [3.8, 4) is 23.0 Å². The van der Waals surface area contributed by atoms with Crippen LogP contribution in [0.4, 0.5) is 0 Å². The van der Waals surface area contributed by atoms with Gasteiger partial charge in [-0.3, -0.25) is 0 Å². The summed E-state index contributed by atoms with van der Waals surface area (Å²) < 4.78 is 28.1. The molecule has 0 amide bonds. The van der Waals surface area contributed by atoms with Crippen LogP contribution in [-0.2, 0) is 22.7 Å². The van der Waals surface area contributed by atoms with Gasteiger partial charge in [-0.05, 0) is 74.4 Å². The number of hydrogen-bond donors (Lipinski definition) is 0. The molecule has 0 aromatic heterocycles. The van der Waals surface area contributed by atoms with E-state index in [4.69, 9.17) is 23.7 Å². The van der Waals surface area contributed by atoms with Crippen LogP contribution >= 0.6 is 0 Å². The van der Waals surface area contributed by atoms with Crippen LogP contribution in [0.2, 0.25) is 0 Å². The fraction of sp³-hybridized carbons (Fsp3) is 0.276. The first-order chi connectivity index (χ1) is 17.1. The lowest BCUT2D eigenvalue weighted by Crippen LogP contribution is -2.01. The van der Waals surface area contributed by atoms with Crippen molar-refractivity contribution in [2.75, 3.05) is 19.8 Å². The minimum Gasteiger partial charge on any atom is -0.494 e. The van der Waals surface area contributed by atoms with E-state index in [1.165, 1.54) is 6.08 Å². The highest BCUT2D eigenvalue weighted by Crippen LogP contribution is 2.28. The molecule has 0 bridgehead atoms. The molecule has 0 aliphatic heterocycles. The zero-order valence-electron chi connectivity index (χ0n) is 20.5. The molecule has 0 unspecified atom stereocenters. The Morgan fingerprint density at radius 1 is 0.657 bits per heavy atom. The molecular formula is C29H32O6. The van der Waals surface area contributed by atoms with E-state index in [1.54, 1.807) is 13.0 Å². The van der Waals surface area contributed by atoms with Gasteiger partial charge in [0.2, 0.25) is 0 Å². The fourth-order valence-corrected chi connectivity index (χ4v) is 3.24. The topological polar surface area (TPSA) is 63.2 Å². The molecule has 0 N–H and O–H groups in total. The average Bonchev–Trinajstić information content (AvgIpc) is 2.88. The molecule has 0 radical (unpaired) electrons. The molecule has 0 atom stereocenters. The molecule has 35 heavy (non-hydrogen) atoms. The molecule has 0 heterocycles. The number of carbonyl (C=O) groups is 1. The normalized spacial score (nSPS) is 10.7. The summed E-state index contributed by atoms with van der Waals surface area (Å²) in [5.41, 5.74) is 2.77. The lowest BCUT2D eigenvalue weighted by Gasteiger charge is -2.13. The first-order valence-electron chi connectivity index (χ1n) is 11.8. The van der Waals surface area contributed by atoms with Gasteiger partial charge in [-0.1, -0.05) is 24.3 Å². The molecule has 0 saturated carbocycles. The fourth-order valence-electron chi connectivity index (χ4n) is 3.24. The maximum absolute atomic E-state index is 11.8. The molecule has 0 spiro atoms. The Labute approximate surface area is 207 Å². The van der Waals surface area contributed by atoms with E-state index in [0.29, 0.717) is 44.5 Å². The Kier molecular flexibility index (Phi) is 10.1. The minimum atomic E-state index is -0.402. The van der Waals surface area contributed by atoms with Gasteiger partial charge in [0.05, 0.1) is 19.8 Å². The lowest BCUT2D eigenvalue weighted by atomic mass is 10.1. The quantitative estimate of drug-likeness (QED) is 0.216. The first kappa shape index (κ1) is 25.7. The molecule has 3 aromatic rings. The van der Waals surface area contributed by atoms with Crippen LogP contribution in [-0.4, -0.2) is 25.8 Å².